The Kier molecular flexibility index (Phi) is 7.04. The summed E-state index contributed by atoms with van der Waals surface area (Å²) in [6, 6.07) is 15.4. The molecule has 1 N–H and O–H groups in total. The van der Waals surface area contributed by atoms with E-state index in [1.807, 2.05) is 61.5 Å². The number of carbonyl (C=O) groups excluding carboxylic acids is 2. The molecule has 0 bridgehead atoms. The molecule has 2 amide bonds. The van der Waals surface area contributed by atoms with Crippen LogP contribution in [0.25, 0.3) is 6.08 Å². The van der Waals surface area contributed by atoms with Crippen LogP contribution in [0, 0.1) is 6.92 Å². The van der Waals surface area contributed by atoms with E-state index in [0.717, 1.165) is 15.7 Å². The molecule has 0 radical (unpaired) electrons. The minimum absolute atomic E-state index is 0.0845. The van der Waals surface area contributed by atoms with E-state index in [1.165, 1.54) is 17.3 Å². The summed E-state index contributed by atoms with van der Waals surface area (Å²) in [5.41, 5.74) is 2.89. The Labute approximate surface area is 182 Å². The third-order valence-corrected chi connectivity index (χ3v) is 6.01. The van der Waals surface area contributed by atoms with Crippen molar-refractivity contribution in [3.05, 3.63) is 69.0 Å². The Hall–Kier alpha value is -1.96. The first-order chi connectivity index (χ1) is 13.4. The summed E-state index contributed by atoms with van der Waals surface area (Å²) in [6.07, 6.45) is 2.73. The number of anilines is 1. The lowest BCUT2D eigenvalue weighted by atomic mass is 10.1. The Morgan fingerprint density at radius 2 is 2.00 bits per heavy atom. The number of hydrogen-bond acceptors (Lipinski definition) is 4. The summed E-state index contributed by atoms with van der Waals surface area (Å²) in [5.74, 6) is -0.179. The number of benzene rings is 2. The van der Waals surface area contributed by atoms with Crippen molar-refractivity contribution >= 4 is 67.8 Å². The molecular formula is C21H19BrN2O2S2. The van der Waals surface area contributed by atoms with Crippen LogP contribution in [0.15, 0.2) is 57.9 Å². The van der Waals surface area contributed by atoms with Gasteiger partial charge in [-0.1, -0.05) is 75.8 Å². The zero-order chi connectivity index (χ0) is 20.1. The number of nitrogens with one attached hydrogen (secondary N) is 1. The van der Waals surface area contributed by atoms with Crippen molar-refractivity contribution < 1.29 is 9.59 Å². The predicted octanol–water partition coefficient (Wildman–Crippen LogP) is 5.38. The lowest BCUT2D eigenvalue weighted by Crippen LogP contribution is -2.29. The van der Waals surface area contributed by atoms with E-state index in [4.69, 9.17) is 12.2 Å². The third-order valence-electron chi connectivity index (χ3n) is 4.14. The van der Waals surface area contributed by atoms with Crippen molar-refractivity contribution in [1.82, 2.24) is 4.90 Å². The number of hydrogen-bond donors (Lipinski definition) is 1. The van der Waals surface area contributed by atoms with Crippen molar-refractivity contribution in [3.8, 4) is 0 Å². The number of halogens is 1. The molecule has 0 unspecified atom stereocenters. The highest BCUT2D eigenvalue weighted by molar-refractivity contribution is 9.10. The van der Waals surface area contributed by atoms with Crippen LogP contribution in [-0.2, 0) is 9.59 Å². The maximum atomic E-state index is 12.6. The van der Waals surface area contributed by atoms with Gasteiger partial charge in [-0.3, -0.25) is 14.5 Å². The minimum Gasteiger partial charge on any atom is -0.326 e. The summed E-state index contributed by atoms with van der Waals surface area (Å²) in [4.78, 5) is 26.9. The average molecular weight is 475 g/mol. The summed E-state index contributed by atoms with van der Waals surface area (Å²) in [6.45, 7) is 2.46. The SMILES string of the molecule is Cc1ccc(/C=C2/SC(=S)N(CCCC(=O)Nc3cccc(Br)c3)C2=O)cc1. The van der Waals surface area contributed by atoms with Crippen LogP contribution in [0.2, 0.25) is 0 Å². The Morgan fingerprint density at radius 3 is 2.71 bits per heavy atom. The fourth-order valence-electron chi connectivity index (χ4n) is 2.69. The number of nitrogens with zero attached hydrogens (tertiary/aromatic N) is 1. The number of rotatable bonds is 6. The second-order valence-electron chi connectivity index (χ2n) is 6.41. The van der Waals surface area contributed by atoms with Gasteiger partial charge in [-0.25, -0.2) is 0 Å². The standard InChI is InChI=1S/C21H19BrN2O2S2/c1-14-7-9-15(10-8-14)12-18-20(26)24(21(27)28-18)11-3-6-19(25)23-17-5-2-4-16(22)13-17/h2,4-5,7-10,12-13H,3,6,11H2,1H3,(H,23,25)/b18-12+. The number of carbonyl (C=O) groups is 2. The zero-order valence-corrected chi connectivity index (χ0v) is 18.5. The predicted molar refractivity (Wildman–Crippen MR) is 123 cm³/mol. The van der Waals surface area contributed by atoms with Crippen LogP contribution >= 0.6 is 39.9 Å². The third kappa shape index (κ3) is 5.53. The van der Waals surface area contributed by atoms with Gasteiger partial charge in [0.2, 0.25) is 5.91 Å². The molecule has 2 aromatic rings. The van der Waals surface area contributed by atoms with Gasteiger partial charge in [-0.2, -0.15) is 0 Å². The largest absolute Gasteiger partial charge is 0.326 e. The van der Waals surface area contributed by atoms with E-state index < -0.39 is 0 Å². The van der Waals surface area contributed by atoms with Gasteiger partial charge >= 0.3 is 0 Å². The molecule has 2 aromatic carbocycles. The summed E-state index contributed by atoms with van der Waals surface area (Å²) in [7, 11) is 0. The monoisotopic (exact) mass is 474 g/mol. The fourth-order valence-corrected chi connectivity index (χ4v) is 4.40. The summed E-state index contributed by atoms with van der Waals surface area (Å²) < 4.78 is 1.44. The van der Waals surface area contributed by atoms with Gasteiger partial charge in [0, 0.05) is 23.1 Å². The smallest absolute Gasteiger partial charge is 0.266 e. The quantitative estimate of drug-likeness (QED) is 0.451. The first-order valence-electron chi connectivity index (χ1n) is 8.80. The molecule has 0 atom stereocenters. The topological polar surface area (TPSA) is 49.4 Å². The van der Waals surface area contributed by atoms with Crippen LogP contribution in [0.4, 0.5) is 5.69 Å². The van der Waals surface area contributed by atoms with Gasteiger partial charge in [0.05, 0.1) is 4.91 Å². The van der Waals surface area contributed by atoms with Gasteiger partial charge in [-0.15, -0.1) is 0 Å². The molecule has 1 aliphatic heterocycles. The van der Waals surface area contributed by atoms with E-state index in [2.05, 4.69) is 21.2 Å². The molecule has 144 valence electrons. The lowest BCUT2D eigenvalue weighted by molar-refractivity contribution is -0.122. The molecule has 1 fully saturated rings. The Bertz CT molecular complexity index is 942. The fraction of sp³-hybridized carbons (Fsp3) is 0.190. The molecule has 1 saturated heterocycles. The first kappa shape index (κ1) is 20.8. The number of thiocarbonyl (C=S) groups is 1. The minimum atomic E-state index is -0.0945. The molecule has 1 aliphatic rings. The van der Waals surface area contributed by atoms with Crippen molar-refractivity contribution in [2.24, 2.45) is 0 Å². The highest BCUT2D eigenvalue weighted by Gasteiger charge is 2.31. The molecule has 7 heteroatoms. The van der Waals surface area contributed by atoms with Crippen molar-refractivity contribution in [2.45, 2.75) is 19.8 Å². The molecule has 4 nitrogen and oxygen atoms in total. The molecule has 1 heterocycles. The Morgan fingerprint density at radius 1 is 1.25 bits per heavy atom. The van der Waals surface area contributed by atoms with Crippen LogP contribution in [-0.4, -0.2) is 27.6 Å². The lowest BCUT2D eigenvalue weighted by Gasteiger charge is -2.14. The zero-order valence-electron chi connectivity index (χ0n) is 15.3. The molecule has 0 saturated carbocycles. The molecule has 0 aliphatic carbocycles. The van der Waals surface area contributed by atoms with E-state index in [9.17, 15) is 9.59 Å². The van der Waals surface area contributed by atoms with E-state index in [-0.39, 0.29) is 11.8 Å². The molecule has 28 heavy (non-hydrogen) atoms. The highest BCUT2D eigenvalue weighted by Crippen LogP contribution is 2.32. The van der Waals surface area contributed by atoms with Crippen LogP contribution in [0.5, 0.6) is 0 Å². The summed E-state index contributed by atoms with van der Waals surface area (Å²) >= 11 is 10.0. The number of aryl methyl sites for hydroxylation is 1. The van der Waals surface area contributed by atoms with Gasteiger partial charge in [-0.05, 0) is 43.2 Å². The van der Waals surface area contributed by atoms with Crippen molar-refractivity contribution in [2.75, 3.05) is 11.9 Å². The molecule has 0 spiro atoms. The maximum Gasteiger partial charge on any atom is 0.266 e. The van der Waals surface area contributed by atoms with Gasteiger partial charge in [0.1, 0.15) is 4.32 Å². The normalized spacial score (nSPS) is 15.4. The number of thioether (sulfide) groups is 1. The van der Waals surface area contributed by atoms with Crippen molar-refractivity contribution in [1.29, 1.82) is 0 Å². The van der Waals surface area contributed by atoms with E-state index in [1.54, 1.807) is 4.90 Å². The van der Waals surface area contributed by atoms with Gasteiger partial charge in [0.25, 0.3) is 5.91 Å². The highest BCUT2D eigenvalue weighted by atomic mass is 79.9. The maximum absolute atomic E-state index is 12.6. The Balaban J connectivity index is 1.53. The average Bonchev–Trinajstić information content (AvgIpc) is 2.91. The second kappa shape index (κ2) is 9.49. The summed E-state index contributed by atoms with van der Waals surface area (Å²) in [5, 5.41) is 2.85. The van der Waals surface area contributed by atoms with Crippen LogP contribution in [0.3, 0.4) is 0 Å². The van der Waals surface area contributed by atoms with Gasteiger partial charge < -0.3 is 5.32 Å². The molecule has 0 aromatic heterocycles. The van der Waals surface area contributed by atoms with Crippen molar-refractivity contribution in [3.63, 3.8) is 0 Å². The molecular weight excluding hydrogens is 456 g/mol. The number of amides is 2. The second-order valence-corrected chi connectivity index (χ2v) is 9.00. The van der Waals surface area contributed by atoms with Gasteiger partial charge in [0.15, 0.2) is 0 Å². The van der Waals surface area contributed by atoms with E-state index in [0.29, 0.717) is 28.6 Å². The van der Waals surface area contributed by atoms with Crippen LogP contribution < -0.4 is 5.32 Å². The van der Waals surface area contributed by atoms with Crippen LogP contribution in [0.1, 0.15) is 24.0 Å². The first-order valence-corrected chi connectivity index (χ1v) is 10.8. The van der Waals surface area contributed by atoms with E-state index >= 15 is 0 Å². The molecule has 3 rings (SSSR count).